The predicted molar refractivity (Wildman–Crippen MR) is 117 cm³/mol. The van der Waals surface area contributed by atoms with Gasteiger partial charge in [-0.2, -0.15) is 0 Å². The lowest BCUT2D eigenvalue weighted by Gasteiger charge is -2.35. The molecule has 30 heavy (non-hydrogen) atoms. The number of anilines is 1. The van der Waals surface area contributed by atoms with Crippen LogP contribution in [0.4, 0.5) is 5.82 Å². The van der Waals surface area contributed by atoms with Crippen molar-refractivity contribution in [3.05, 3.63) is 59.8 Å². The molecule has 158 valence electrons. The molecule has 2 aliphatic heterocycles. The number of aryl methyl sites for hydroxylation is 1. The molecule has 0 bridgehead atoms. The smallest absolute Gasteiger partial charge is 0.227 e. The van der Waals surface area contributed by atoms with Crippen molar-refractivity contribution in [3.63, 3.8) is 0 Å². The molecule has 2 saturated heterocycles. The number of carbonyl (C=O) groups excluding carboxylic acids is 2. The number of pyridine rings is 1. The molecule has 6 heteroatoms. The second-order valence-electron chi connectivity index (χ2n) is 8.35. The van der Waals surface area contributed by atoms with Crippen LogP contribution in [0.2, 0.25) is 0 Å². The molecule has 0 aliphatic carbocycles. The zero-order chi connectivity index (χ0) is 20.9. The molecule has 0 saturated carbocycles. The summed E-state index contributed by atoms with van der Waals surface area (Å²) < 4.78 is 0. The molecule has 0 spiro atoms. The summed E-state index contributed by atoms with van der Waals surface area (Å²) in [6, 6.07) is 14.2. The van der Waals surface area contributed by atoms with Gasteiger partial charge >= 0.3 is 0 Å². The average Bonchev–Trinajstić information content (AvgIpc) is 2.96. The van der Waals surface area contributed by atoms with Gasteiger partial charge in [-0.3, -0.25) is 9.59 Å². The van der Waals surface area contributed by atoms with E-state index >= 15 is 0 Å². The Morgan fingerprint density at radius 2 is 2.00 bits per heavy atom. The molecule has 1 atom stereocenters. The third kappa shape index (κ3) is 4.81. The van der Waals surface area contributed by atoms with Crippen molar-refractivity contribution >= 4 is 17.6 Å². The Balaban J connectivity index is 1.37. The average molecular weight is 407 g/mol. The minimum atomic E-state index is -0.0285. The molecule has 1 unspecified atom stereocenters. The number of hydrogen-bond acceptors (Lipinski definition) is 4. The zero-order valence-electron chi connectivity index (χ0n) is 17.7. The SMILES string of the molecule is Cc1cccc(CN2CCN(C(=O)C3CCCN(c4ccccn4)C3)CCC2=O)c1. The van der Waals surface area contributed by atoms with Gasteiger partial charge in [0.05, 0.1) is 5.92 Å². The van der Waals surface area contributed by atoms with Crippen molar-refractivity contribution in [2.45, 2.75) is 32.7 Å². The third-order valence-electron chi connectivity index (χ3n) is 6.10. The Morgan fingerprint density at radius 1 is 1.10 bits per heavy atom. The van der Waals surface area contributed by atoms with Crippen molar-refractivity contribution in [2.75, 3.05) is 37.6 Å². The van der Waals surface area contributed by atoms with Crippen LogP contribution in [-0.4, -0.2) is 59.3 Å². The van der Waals surface area contributed by atoms with Crippen LogP contribution in [0.15, 0.2) is 48.7 Å². The first-order chi connectivity index (χ1) is 14.6. The van der Waals surface area contributed by atoms with Crippen molar-refractivity contribution in [2.24, 2.45) is 5.92 Å². The van der Waals surface area contributed by atoms with Gasteiger partial charge < -0.3 is 14.7 Å². The fourth-order valence-electron chi connectivity index (χ4n) is 4.47. The van der Waals surface area contributed by atoms with E-state index in [0.717, 1.165) is 30.8 Å². The largest absolute Gasteiger partial charge is 0.356 e. The summed E-state index contributed by atoms with van der Waals surface area (Å²) >= 11 is 0. The summed E-state index contributed by atoms with van der Waals surface area (Å²) in [5.41, 5.74) is 2.34. The van der Waals surface area contributed by atoms with E-state index in [4.69, 9.17) is 0 Å². The molecule has 0 radical (unpaired) electrons. The molecule has 2 amide bonds. The number of amides is 2. The maximum Gasteiger partial charge on any atom is 0.227 e. The highest BCUT2D eigenvalue weighted by molar-refractivity contribution is 5.82. The van der Waals surface area contributed by atoms with Gasteiger partial charge in [-0.1, -0.05) is 35.9 Å². The van der Waals surface area contributed by atoms with Crippen LogP contribution in [0.5, 0.6) is 0 Å². The Kier molecular flexibility index (Phi) is 6.31. The lowest BCUT2D eigenvalue weighted by atomic mass is 9.96. The molecular weight excluding hydrogens is 376 g/mol. The van der Waals surface area contributed by atoms with Crippen LogP contribution < -0.4 is 4.90 Å². The van der Waals surface area contributed by atoms with Crippen molar-refractivity contribution in [1.29, 1.82) is 0 Å². The molecular formula is C24H30N4O2. The Labute approximate surface area is 178 Å². The van der Waals surface area contributed by atoms with Crippen molar-refractivity contribution < 1.29 is 9.59 Å². The topological polar surface area (TPSA) is 56.8 Å². The van der Waals surface area contributed by atoms with E-state index in [0.29, 0.717) is 39.1 Å². The van der Waals surface area contributed by atoms with E-state index in [1.165, 1.54) is 5.56 Å². The first-order valence-corrected chi connectivity index (χ1v) is 10.9. The maximum atomic E-state index is 13.2. The Hall–Kier alpha value is -2.89. The highest BCUT2D eigenvalue weighted by atomic mass is 16.2. The van der Waals surface area contributed by atoms with Gasteiger partial charge in [0.1, 0.15) is 5.82 Å². The van der Waals surface area contributed by atoms with Gasteiger partial charge in [-0.15, -0.1) is 0 Å². The van der Waals surface area contributed by atoms with E-state index in [2.05, 4.69) is 35.0 Å². The lowest BCUT2D eigenvalue weighted by molar-refractivity contribution is -0.135. The molecule has 2 fully saturated rings. The standard InChI is InChI=1S/C24H30N4O2/c1-19-6-4-7-20(16-19)17-28-15-14-26(13-10-23(28)29)24(30)21-8-5-12-27(18-21)22-9-2-3-11-25-22/h2-4,6-7,9,11,16,21H,5,8,10,12-15,17-18H2,1H3. The van der Waals surface area contributed by atoms with Crippen molar-refractivity contribution in [3.8, 4) is 0 Å². The molecule has 3 heterocycles. The van der Waals surface area contributed by atoms with Gasteiger partial charge in [0, 0.05) is 51.9 Å². The van der Waals surface area contributed by atoms with Crippen LogP contribution in [0, 0.1) is 12.8 Å². The molecule has 1 aromatic heterocycles. The van der Waals surface area contributed by atoms with Crippen LogP contribution in [0.1, 0.15) is 30.4 Å². The summed E-state index contributed by atoms with van der Waals surface area (Å²) in [7, 11) is 0. The fraction of sp³-hybridized carbons (Fsp3) is 0.458. The van der Waals surface area contributed by atoms with Crippen LogP contribution >= 0.6 is 0 Å². The van der Waals surface area contributed by atoms with Crippen molar-refractivity contribution in [1.82, 2.24) is 14.8 Å². The van der Waals surface area contributed by atoms with E-state index in [9.17, 15) is 9.59 Å². The van der Waals surface area contributed by atoms with E-state index in [1.807, 2.05) is 34.1 Å². The highest BCUT2D eigenvalue weighted by Gasteiger charge is 2.32. The third-order valence-corrected chi connectivity index (χ3v) is 6.10. The van der Waals surface area contributed by atoms with Gasteiger partial charge in [0.2, 0.25) is 11.8 Å². The quantitative estimate of drug-likeness (QED) is 0.784. The Morgan fingerprint density at radius 3 is 2.80 bits per heavy atom. The summed E-state index contributed by atoms with van der Waals surface area (Å²) in [5.74, 6) is 1.22. The van der Waals surface area contributed by atoms with E-state index < -0.39 is 0 Å². The minimum Gasteiger partial charge on any atom is -0.356 e. The van der Waals surface area contributed by atoms with Crippen LogP contribution in [-0.2, 0) is 16.1 Å². The first kappa shape index (κ1) is 20.4. The predicted octanol–water partition coefficient (Wildman–Crippen LogP) is 2.87. The molecule has 4 rings (SSSR count). The van der Waals surface area contributed by atoms with Crippen LogP contribution in [0.3, 0.4) is 0 Å². The summed E-state index contributed by atoms with van der Waals surface area (Å²) in [4.78, 5) is 36.3. The number of piperidine rings is 1. The normalized spacial score (nSPS) is 20.2. The molecule has 6 nitrogen and oxygen atoms in total. The zero-order valence-corrected chi connectivity index (χ0v) is 17.7. The fourth-order valence-corrected chi connectivity index (χ4v) is 4.47. The van der Waals surface area contributed by atoms with Gasteiger partial charge in [-0.25, -0.2) is 4.98 Å². The van der Waals surface area contributed by atoms with Crippen LogP contribution in [0.25, 0.3) is 0 Å². The number of nitrogens with zero attached hydrogens (tertiary/aromatic N) is 4. The number of hydrogen-bond donors (Lipinski definition) is 0. The number of benzene rings is 1. The number of aromatic nitrogens is 1. The van der Waals surface area contributed by atoms with Gasteiger partial charge in [-0.05, 0) is 37.5 Å². The second kappa shape index (κ2) is 9.28. The maximum absolute atomic E-state index is 13.2. The van der Waals surface area contributed by atoms with Gasteiger partial charge in [0.15, 0.2) is 0 Å². The summed E-state index contributed by atoms with van der Waals surface area (Å²) in [6.07, 6.45) is 4.08. The monoisotopic (exact) mass is 406 g/mol. The second-order valence-corrected chi connectivity index (χ2v) is 8.35. The van der Waals surface area contributed by atoms with Gasteiger partial charge in [0.25, 0.3) is 0 Å². The molecule has 2 aliphatic rings. The Bertz CT molecular complexity index is 886. The molecule has 1 aromatic carbocycles. The van der Waals surface area contributed by atoms with E-state index in [-0.39, 0.29) is 17.7 Å². The minimum absolute atomic E-state index is 0.0285. The lowest BCUT2D eigenvalue weighted by Crippen LogP contribution is -2.46. The summed E-state index contributed by atoms with van der Waals surface area (Å²) in [6.45, 7) is 6.02. The molecule has 0 N–H and O–H groups in total. The first-order valence-electron chi connectivity index (χ1n) is 10.9. The summed E-state index contributed by atoms with van der Waals surface area (Å²) in [5, 5.41) is 0. The molecule has 2 aromatic rings. The highest BCUT2D eigenvalue weighted by Crippen LogP contribution is 2.23. The number of rotatable bonds is 4. The number of carbonyl (C=O) groups is 2. The van der Waals surface area contributed by atoms with E-state index in [1.54, 1.807) is 6.20 Å².